The van der Waals surface area contributed by atoms with Crippen LogP contribution in [0.1, 0.15) is 42.5 Å². The van der Waals surface area contributed by atoms with Crippen molar-refractivity contribution in [3.63, 3.8) is 0 Å². The summed E-state index contributed by atoms with van der Waals surface area (Å²) >= 11 is 0. The minimum Gasteiger partial charge on any atom is -0.369 e. The summed E-state index contributed by atoms with van der Waals surface area (Å²) in [5.41, 5.74) is -0.600. The van der Waals surface area contributed by atoms with Gasteiger partial charge >= 0.3 is 12.2 Å². The van der Waals surface area contributed by atoms with Gasteiger partial charge in [0.1, 0.15) is 18.0 Å². The number of pyridine rings is 1. The molecule has 0 bridgehead atoms. The van der Waals surface area contributed by atoms with Gasteiger partial charge in [-0.1, -0.05) is 6.07 Å². The lowest BCUT2D eigenvalue weighted by Gasteiger charge is -2.41. The number of nitrogens with zero attached hydrogens (tertiary/aromatic N) is 5. The smallest absolute Gasteiger partial charge is 0.369 e. The lowest BCUT2D eigenvalue weighted by atomic mass is 9.93. The minimum atomic E-state index is -4.17. The number of carbonyl (C=O) groups is 1. The number of aromatic amines is 1. The summed E-state index contributed by atoms with van der Waals surface area (Å²) in [7, 11) is 0. The fourth-order valence-corrected chi connectivity index (χ4v) is 4.34. The average Bonchev–Trinajstić information content (AvgIpc) is 3.12. The first-order chi connectivity index (χ1) is 14.8. The quantitative estimate of drug-likeness (QED) is 0.754. The van der Waals surface area contributed by atoms with Crippen molar-refractivity contribution in [2.24, 2.45) is 5.41 Å². The monoisotopic (exact) mass is 435 g/mol. The Kier molecular flexibility index (Phi) is 4.78. The molecule has 1 aliphatic carbocycles. The van der Waals surface area contributed by atoms with Crippen molar-refractivity contribution in [2.45, 2.75) is 37.3 Å². The van der Waals surface area contributed by atoms with E-state index in [1.165, 1.54) is 6.33 Å². The van der Waals surface area contributed by atoms with Gasteiger partial charge < -0.3 is 15.1 Å². The van der Waals surface area contributed by atoms with Crippen LogP contribution in [0, 0.1) is 5.41 Å². The van der Waals surface area contributed by atoms with E-state index in [0.29, 0.717) is 32.0 Å². The third-order valence-electron chi connectivity index (χ3n) is 6.75. The lowest BCUT2D eigenvalue weighted by Crippen LogP contribution is -2.53. The first kappa shape index (κ1) is 20.1. The number of likely N-dealkylation sites (tertiary alicyclic amines) is 2. The Morgan fingerprint density at radius 1 is 1.16 bits per heavy atom. The van der Waals surface area contributed by atoms with Crippen molar-refractivity contribution in [2.75, 3.05) is 38.0 Å². The fraction of sp³-hybridized carbons (Fsp3) is 0.600. The number of rotatable bonds is 5. The maximum atomic E-state index is 13.0. The molecule has 0 aromatic carbocycles. The predicted octanol–water partition coefficient (Wildman–Crippen LogP) is 2.96. The molecule has 2 aliphatic heterocycles. The molecule has 2 aromatic rings. The molecule has 3 fully saturated rings. The number of hydrogen-bond acceptors (Lipinski definition) is 5. The van der Waals surface area contributed by atoms with Crippen molar-refractivity contribution >= 4 is 11.8 Å². The number of anilines is 1. The van der Waals surface area contributed by atoms with Crippen molar-refractivity contribution in [3.8, 4) is 0 Å². The molecule has 0 radical (unpaired) electrons. The number of urea groups is 1. The Morgan fingerprint density at radius 2 is 1.94 bits per heavy atom. The Hall–Kier alpha value is -2.85. The first-order valence-corrected chi connectivity index (χ1v) is 10.5. The second kappa shape index (κ2) is 7.38. The largest absolute Gasteiger partial charge is 0.396 e. The van der Waals surface area contributed by atoms with Crippen LogP contribution in [0.4, 0.5) is 23.8 Å². The van der Waals surface area contributed by atoms with Crippen LogP contribution in [-0.2, 0) is 0 Å². The van der Waals surface area contributed by atoms with Gasteiger partial charge in [0.2, 0.25) is 0 Å². The standard InChI is InChI=1S/C20H24F3N7O/c21-20(22,23)19(4-5-19)11-25-16-2-1-13(7-24-16)15-9-30(10-15)18(31)29-6-3-14(8-29)17-26-12-27-28-17/h1-2,7,12,14-15H,3-6,8-11H2,(H,24,25)(H,26,27,28)/t14-/m0/s1. The summed E-state index contributed by atoms with van der Waals surface area (Å²) in [4.78, 5) is 24.9. The number of alkyl halides is 3. The van der Waals surface area contributed by atoms with Crippen LogP contribution < -0.4 is 5.32 Å². The van der Waals surface area contributed by atoms with Gasteiger partial charge in [-0.2, -0.15) is 18.3 Å². The summed E-state index contributed by atoms with van der Waals surface area (Å²) in [5, 5.41) is 9.57. The fourth-order valence-electron chi connectivity index (χ4n) is 4.34. The molecule has 31 heavy (non-hydrogen) atoms. The third-order valence-corrected chi connectivity index (χ3v) is 6.75. The third kappa shape index (κ3) is 3.81. The Bertz CT molecular complexity index is 921. The molecular formula is C20H24F3N7O. The van der Waals surface area contributed by atoms with Gasteiger partial charge in [0, 0.05) is 50.8 Å². The van der Waals surface area contributed by atoms with Crippen LogP contribution in [0.25, 0.3) is 0 Å². The van der Waals surface area contributed by atoms with E-state index >= 15 is 0 Å². The van der Waals surface area contributed by atoms with Crippen LogP contribution in [0.3, 0.4) is 0 Å². The number of carbonyl (C=O) groups excluding carboxylic acids is 1. The second-order valence-electron chi connectivity index (χ2n) is 8.80. The minimum absolute atomic E-state index is 0.0337. The van der Waals surface area contributed by atoms with Crippen molar-refractivity contribution in [1.82, 2.24) is 30.0 Å². The zero-order valence-corrected chi connectivity index (χ0v) is 16.9. The van der Waals surface area contributed by atoms with Gasteiger partial charge in [-0.05, 0) is 30.9 Å². The Morgan fingerprint density at radius 3 is 2.55 bits per heavy atom. The van der Waals surface area contributed by atoms with Crippen LogP contribution in [-0.4, -0.2) is 74.9 Å². The highest BCUT2D eigenvalue weighted by Crippen LogP contribution is 2.57. The summed E-state index contributed by atoms with van der Waals surface area (Å²) in [5.74, 6) is 1.66. The molecule has 5 rings (SSSR count). The van der Waals surface area contributed by atoms with Crippen LogP contribution in [0.15, 0.2) is 24.7 Å². The van der Waals surface area contributed by atoms with Crippen molar-refractivity contribution < 1.29 is 18.0 Å². The average molecular weight is 435 g/mol. The van der Waals surface area contributed by atoms with Gasteiger partial charge in [-0.15, -0.1) is 0 Å². The van der Waals surface area contributed by atoms with E-state index in [1.807, 2.05) is 15.9 Å². The summed E-state index contributed by atoms with van der Waals surface area (Å²) in [6.45, 7) is 2.44. The van der Waals surface area contributed by atoms with E-state index in [1.54, 1.807) is 12.3 Å². The molecule has 1 atom stereocenters. The highest BCUT2D eigenvalue weighted by atomic mass is 19.4. The number of halogens is 3. The van der Waals surface area contributed by atoms with Gasteiger partial charge in [-0.3, -0.25) is 5.10 Å². The Labute approximate surface area is 177 Å². The topological polar surface area (TPSA) is 90.0 Å². The number of H-pyrrole nitrogens is 1. The lowest BCUT2D eigenvalue weighted by molar-refractivity contribution is -0.182. The molecule has 2 N–H and O–H groups in total. The number of hydrogen-bond donors (Lipinski definition) is 2. The highest BCUT2D eigenvalue weighted by molar-refractivity contribution is 5.76. The van der Waals surface area contributed by atoms with Gasteiger partial charge in [0.25, 0.3) is 0 Å². The maximum absolute atomic E-state index is 13.0. The molecule has 11 heteroatoms. The van der Waals surface area contributed by atoms with Gasteiger partial charge in [0.15, 0.2) is 0 Å². The summed E-state index contributed by atoms with van der Waals surface area (Å²) < 4.78 is 39.1. The zero-order valence-electron chi connectivity index (χ0n) is 16.9. The molecule has 4 heterocycles. The summed E-state index contributed by atoms with van der Waals surface area (Å²) in [6, 6.07) is 3.63. The molecule has 3 aliphatic rings. The van der Waals surface area contributed by atoms with E-state index in [-0.39, 0.29) is 37.3 Å². The summed E-state index contributed by atoms with van der Waals surface area (Å²) in [6.07, 6.45) is 0.207. The van der Waals surface area contributed by atoms with E-state index in [0.717, 1.165) is 17.8 Å². The number of aromatic nitrogens is 4. The normalized spacial score (nSPS) is 23.0. The molecule has 0 spiro atoms. The zero-order chi connectivity index (χ0) is 21.6. The molecule has 2 saturated heterocycles. The molecule has 8 nitrogen and oxygen atoms in total. The first-order valence-electron chi connectivity index (χ1n) is 10.5. The molecule has 1 saturated carbocycles. The van der Waals surface area contributed by atoms with Crippen molar-refractivity contribution in [3.05, 3.63) is 36.0 Å². The number of nitrogens with one attached hydrogen (secondary N) is 2. The molecule has 2 amide bonds. The highest BCUT2D eigenvalue weighted by Gasteiger charge is 2.62. The van der Waals surface area contributed by atoms with E-state index < -0.39 is 11.6 Å². The Balaban J connectivity index is 1.10. The molecular weight excluding hydrogens is 411 g/mol. The maximum Gasteiger partial charge on any atom is 0.396 e. The van der Waals surface area contributed by atoms with E-state index in [2.05, 4.69) is 25.5 Å². The number of amides is 2. The van der Waals surface area contributed by atoms with Crippen LogP contribution in [0.5, 0.6) is 0 Å². The van der Waals surface area contributed by atoms with Gasteiger partial charge in [0.05, 0.1) is 5.41 Å². The molecule has 0 unspecified atom stereocenters. The van der Waals surface area contributed by atoms with Gasteiger partial charge in [-0.25, -0.2) is 14.8 Å². The molecule has 166 valence electrons. The SMILES string of the molecule is O=C(N1CC(c2ccc(NCC3(C(F)(F)F)CC3)nc2)C1)N1CC[C@H](c2ncn[nH]2)C1. The van der Waals surface area contributed by atoms with Crippen molar-refractivity contribution in [1.29, 1.82) is 0 Å². The van der Waals surface area contributed by atoms with Crippen LogP contribution in [0.2, 0.25) is 0 Å². The predicted molar refractivity (Wildman–Crippen MR) is 105 cm³/mol. The van der Waals surface area contributed by atoms with E-state index in [4.69, 9.17) is 0 Å². The van der Waals surface area contributed by atoms with E-state index in [9.17, 15) is 18.0 Å². The van der Waals surface area contributed by atoms with Crippen LogP contribution >= 0.6 is 0 Å². The second-order valence-corrected chi connectivity index (χ2v) is 8.80. The molecule has 2 aromatic heterocycles.